The Balaban J connectivity index is 2.79. The lowest BCUT2D eigenvalue weighted by Gasteiger charge is -2.32. The van der Waals surface area contributed by atoms with E-state index < -0.39 is 5.60 Å². The monoisotopic (exact) mass is 298 g/mol. The van der Waals surface area contributed by atoms with E-state index in [1.165, 1.54) is 0 Å². The number of hydrogen-bond acceptors (Lipinski definition) is 4. The largest absolute Gasteiger partial charge is 0.361 e. The van der Waals surface area contributed by atoms with Crippen molar-refractivity contribution in [3.63, 3.8) is 0 Å². The average molecular weight is 298 g/mol. The van der Waals surface area contributed by atoms with Crippen LogP contribution < -0.4 is 0 Å². The molecule has 1 aliphatic rings. The fourth-order valence-corrected chi connectivity index (χ4v) is 3.19. The molecule has 0 aromatic carbocycles. The summed E-state index contributed by atoms with van der Waals surface area (Å²) in [5.74, 6) is 0.792. The molecule has 0 aromatic rings. The first-order chi connectivity index (χ1) is 9.45. The lowest BCUT2D eigenvalue weighted by Crippen LogP contribution is -2.44. The maximum Gasteiger partial charge on any atom is 0.171 e. The Morgan fingerprint density at radius 2 is 1.71 bits per heavy atom. The highest BCUT2D eigenvalue weighted by atomic mass is 16.5. The Bertz CT molecular complexity index is 362. The molecule has 1 rings (SSSR count). The van der Waals surface area contributed by atoms with E-state index in [0.717, 1.165) is 26.2 Å². The molecule has 1 heterocycles. The molecule has 4 heteroatoms. The molecule has 1 unspecified atom stereocenters. The molecule has 1 atom stereocenters. The van der Waals surface area contributed by atoms with Gasteiger partial charge in [-0.1, -0.05) is 13.8 Å². The minimum absolute atomic E-state index is 0.0478. The van der Waals surface area contributed by atoms with Gasteiger partial charge in [0.1, 0.15) is 5.60 Å². The van der Waals surface area contributed by atoms with Gasteiger partial charge in [0.25, 0.3) is 0 Å². The Morgan fingerprint density at radius 1 is 1.14 bits per heavy atom. The van der Waals surface area contributed by atoms with E-state index in [0.29, 0.717) is 5.92 Å². The van der Waals surface area contributed by atoms with Crippen LogP contribution in [-0.2, 0) is 9.53 Å². The summed E-state index contributed by atoms with van der Waals surface area (Å²) in [6, 6.07) is 0. The van der Waals surface area contributed by atoms with E-state index in [2.05, 4.69) is 37.7 Å². The molecular formula is C17H34N2O2. The van der Waals surface area contributed by atoms with E-state index in [-0.39, 0.29) is 17.3 Å². The number of ketones is 1. The Labute approximate surface area is 130 Å². The van der Waals surface area contributed by atoms with E-state index in [1.807, 2.05) is 27.7 Å². The number of rotatable bonds is 7. The normalized spacial score (nSPS) is 24.5. The zero-order chi connectivity index (χ0) is 16.4. The minimum Gasteiger partial charge on any atom is -0.361 e. The van der Waals surface area contributed by atoms with Crippen molar-refractivity contribution in [1.82, 2.24) is 9.80 Å². The molecule has 0 radical (unpaired) electrons. The summed E-state index contributed by atoms with van der Waals surface area (Å²) in [6.07, 6.45) is 0. The number of hydrogen-bond donors (Lipinski definition) is 0. The Morgan fingerprint density at radius 3 is 2.10 bits per heavy atom. The van der Waals surface area contributed by atoms with Gasteiger partial charge in [0.05, 0.1) is 11.5 Å². The Hall–Kier alpha value is -0.450. The predicted molar refractivity (Wildman–Crippen MR) is 87.6 cm³/mol. The van der Waals surface area contributed by atoms with E-state index in [4.69, 9.17) is 4.74 Å². The molecule has 0 aliphatic carbocycles. The summed E-state index contributed by atoms with van der Waals surface area (Å²) in [4.78, 5) is 17.2. The van der Waals surface area contributed by atoms with Crippen molar-refractivity contribution in [2.75, 3.05) is 40.3 Å². The first kappa shape index (κ1) is 18.6. The van der Waals surface area contributed by atoms with Crippen molar-refractivity contribution in [2.45, 2.75) is 52.7 Å². The highest BCUT2D eigenvalue weighted by molar-refractivity contribution is 5.91. The SMILES string of the molecule is CC(C)CN(CCN(C)C)CC1C(=O)C(C)(C)OC1(C)C. The van der Waals surface area contributed by atoms with Crippen molar-refractivity contribution in [3.8, 4) is 0 Å². The number of carbonyl (C=O) groups excluding carboxylic acids is 1. The van der Waals surface area contributed by atoms with Gasteiger partial charge in [0.2, 0.25) is 0 Å². The molecule has 124 valence electrons. The maximum atomic E-state index is 12.6. The standard InChI is InChI=1S/C17H34N2O2/c1-13(2)11-19(10-9-18(7)8)12-14-15(20)17(5,6)21-16(14,3)4/h13-14H,9-12H2,1-8H3. The van der Waals surface area contributed by atoms with Crippen molar-refractivity contribution in [3.05, 3.63) is 0 Å². The van der Waals surface area contributed by atoms with Crippen LogP contribution in [0, 0.1) is 11.8 Å². The van der Waals surface area contributed by atoms with Gasteiger partial charge in [-0.2, -0.15) is 0 Å². The van der Waals surface area contributed by atoms with Gasteiger partial charge < -0.3 is 14.5 Å². The average Bonchev–Trinajstić information content (AvgIpc) is 2.43. The first-order valence-corrected chi connectivity index (χ1v) is 8.07. The summed E-state index contributed by atoms with van der Waals surface area (Å²) in [5, 5.41) is 0. The third kappa shape index (κ3) is 5.04. The first-order valence-electron chi connectivity index (χ1n) is 8.07. The molecule has 0 saturated carbocycles. The van der Waals surface area contributed by atoms with Crippen LogP contribution in [0.5, 0.6) is 0 Å². The number of ether oxygens (including phenoxy) is 1. The molecular weight excluding hydrogens is 264 g/mol. The van der Waals surface area contributed by atoms with Crippen molar-refractivity contribution in [2.24, 2.45) is 11.8 Å². The summed E-state index contributed by atoms with van der Waals surface area (Å²) < 4.78 is 6.01. The lowest BCUT2D eigenvalue weighted by molar-refractivity contribution is -0.132. The predicted octanol–water partition coefficient (Wildman–Crippen LogP) is 2.28. The van der Waals surface area contributed by atoms with Gasteiger partial charge in [-0.15, -0.1) is 0 Å². The van der Waals surface area contributed by atoms with Gasteiger partial charge >= 0.3 is 0 Å². The summed E-state index contributed by atoms with van der Waals surface area (Å²) >= 11 is 0. The van der Waals surface area contributed by atoms with Crippen LogP contribution in [0.3, 0.4) is 0 Å². The van der Waals surface area contributed by atoms with Crippen LogP contribution in [-0.4, -0.2) is 67.1 Å². The molecule has 1 saturated heterocycles. The van der Waals surface area contributed by atoms with Crippen LogP contribution in [0.15, 0.2) is 0 Å². The minimum atomic E-state index is -0.654. The van der Waals surface area contributed by atoms with Gasteiger partial charge in [-0.05, 0) is 47.7 Å². The fraction of sp³-hybridized carbons (Fsp3) is 0.941. The topological polar surface area (TPSA) is 32.8 Å². The quantitative estimate of drug-likeness (QED) is 0.722. The van der Waals surface area contributed by atoms with E-state index >= 15 is 0 Å². The summed E-state index contributed by atoms with van der Waals surface area (Å²) in [6.45, 7) is 16.1. The summed E-state index contributed by atoms with van der Waals surface area (Å²) in [7, 11) is 4.18. The van der Waals surface area contributed by atoms with Gasteiger partial charge in [-0.25, -0.2) is 0 Å². The second kappa shape index (κ2) is 6.76. The molecule has 4 nitrogen and oxygen atoms in total. The van der Waals surface area contributed by atoms with Gasteiger partial charge in [0.15, 0.2) is 5.78 Å². The van der Waals surface area contributed by atoms with Crippen molar-refractivity contribution >= 4 is 5.78 Å². The van der Waals surface area contributed by atoms with Crippen LogP contribution >= 0.6 is 0 Å². The fourth-order valence-electron chi connectivity index (χ4n) is 3.19. The molecule has 21 heavy (non-hydrogen) atoms. The third-order valence-corrected chi connectivity index (χ3v) is 4.19. The molecule has 0 spiro atoms. The number of carbonyl (C=O) groups is 1. The highest BCUT2D eigenvalue weighted by Gasteiger charge is 2.53. The molecule has 1 aliphatic heterocycles. The zero-order valence-corrected chi connectivity index (χ0v) is 15.2. The van der Waals surface area contributed by atoms with E-state index in [9.17, 15) is 4.79 Å². The highest BCUT2D eigenvalue weighted by Crippen LogP contribution is 2.39. The lowest BCUT2D eigenvalue weighted by atomic mass is 9.85. The molecule has 0 amide bonds. The number of likely N-dealkylation sites (N-methyl/N-ethyl adjacent to an activating group) is 1. The van der Waals surface area contributed by atoms with Gasteiger partial charge in [-0.3, -0.25) is 4.79 Å². The van der Waals surface area contributed by atoms with Crippen LogP contribution in [0.2, 0.25) is 0 Å². The van der Waals surface area contributed by atoms with Gasteiger partial charge in [0, 0.05) is 26.2 Å². The Kier molecular flexibility index (Phi) is 5.99. The maximum absolute atomic E-state index is 12.6. The third-order valence-electron chi connectivity index (χ3n) is 4.19. The second-order valence-electron chi connectivity index (χ2n) is 8.09. The second-order valence-corrected chi connectivity index (χ2v) is 8.09. The molecule has 0 N–H and O–H groups in total. The number of nitrogens with zero attached hydrogens (tertiary/aromatic N) is 2. The molecule has 1 fully saturated rings. The number of Topliss-reactive ketones (excluding diaryl/α,β-unsaturated/α-hetero) is 1. The molecule has 0 aromatic heterocycles. The smallest absolute Gasteiger partial charge is 0.171 e. The van der Waals surface area contributed by atoms with Crippen molar-refractivity contribution in [1.29, 1.82) is 0 Å². The van der Waals surface area contributed by atoms with Crippen LogP contribution in [0.1, 0.15) is 41.5 Å². The zero-order valence-electron chi connectivity index (χ0n) is 15.2. The van der Waals surface area contributed by atoms with E-state index in [1.54, 1.807) is 0 Å². The van der Waals surface area contributed by atoms with Crippen LogP contribution in [0.4, 0.5) is 0 Å². The molecule has 0 bridgehead atoms. The van der Waals surface area contributed by atoms with Crippen LogP contribution in [0.25, 0.3) is 0 Å². The van der Waals surface area contributed by atoms with Crippen molar-refractivity contribution < 1.29 is 9.53 Å². The summed E-state index contributed by atoms with van der Waals surface area (Å²) in [5.41, 5.74) is -1.03.